The van der Waals surface area contributed by atoms with Crippen molar-refractivity contribution in [3.05, 3.63) is 24.4 Å². The Labute approximate surface area is 49.4 Å². The van der Waals surface area contributed by atoms with E-state index in [1.165, 1.54) is 0 Å². The molecule has 0 radical (unpaired) electrons. The molecule has 0 aromatic rings. The van der Waals surface area contributed by atoms with Crippen LogP contribution in [0.4, 0.5) is 0 Å². The van der Waals surface area contributed by atoms with E-state index < -0.39 is 0 Å². The van der Waals surface area contributed by atoms with E-state index >= 15 is 0 Å². The van der Waals surface area contributed by atoms with Gasteiger partial charge in [-0.05, 0) is 12.0 Å². The lowest BCUT2D eigenvalue weighted by Gasteiger charge is -1.89. The second-order valence-electron chi connectivity index (χ2n) is 1.88. The summed E-state index contributed by atoms with van der Waals surface area (Å²) in [5, 5.41) is 0. The van der Waals surface area contributed by atoms with Gasteiger partial charge in [0.2, 0.25) is 0 Å². The second kappa shape index (κ2) is 2.46. The number of hydrogen-bond acceptors (Lipinski definition) is 1. The van der Waals surface area contributed by atoms with Crippen LogP contribution < -0.4 is 0 Å². The van der Waals surface area contributed by atoms with E-state index in [2.05, 4.69) is 24.1 Å². The molecule has 0 saturated carbocycles. The monoisotopic (exact) mass is 107 g/mol. The fraction of sp³-hybridized carbons (Fsp3) is 0.286. The van der Waals surface area contributed by atoms with Crippen LogP contribution in [-0.4, -0.2) is 6.21 Å². The van der Waals surface area contributed by atoms with Gasteiger partial charge in [0.05, 0.1) is 0 Å². The molecule has 8 heavy (non-hydrogen) atoms. The van der Waals surface area contributed by atoms with E-state index in [9.17, 15) is 0 Å². The molecule has 1 heteroatoms. The van der Waals surface area contributed by atoms with Crippen LogP contribution in [0.25, 0.3) is 0 Å². The van der Waals surface area contributed by atoms with Crippen molar-refractivity contribution in [1.29, 1.82) is 0 Å². The van der Waals surface area contributed by atoms with Crippen molar-refractivity contribution in [2.75, 3.05) is 0 Å². The van der Waals surface area contributed by atoms with Crippen molar-refractivity contribution >= 4 is 6.21 Å². The Morgan fingerprint density at radius 1 is 1.38 bits per heavy atom. The van der Waals surface area contributed by atoms with Crippen molar-refractivity contribution in [1.82, 2.24) is 0 Å². The Morgan fingerprint density at radius 3 is 3.12 bits per heavy atom. The Kier molecular flexibility index (Phi) is 1.62. The summed E-state index contributed by atoms with van der Waals surface area (Å²) in [6.07, 6.45) is 9.74. The van der Waals surface area contributed by atoms with Crippen LogP contribution in [0.2, 0.25) is 0 Å². The van der Waals surface area contributed by atoms with Crippen LogP contribution in [0, 0.1) is 5.92 Å². The minimum atomic E-state index is 0.539. The lowest BCUT2D eigenvalue weighted by atomic mass is 10.2. The number of hydrogen-bond donors (Lipinski definition) is 0. The van der Waals surface area contributed by atoms with E-state index in [1.807, 2.05) is 12.3 Å². The Morgan fingerprint density at radius 2 is 2.25 bits per heavy atom. The van der Waals surface area contributed by atoms with Gasteiger partial charge in [-0.2, -0.15) is 0 Å². The SMILES string of the molecule is CC1C=CC=NC=C1. The average molecular weight is 107 g/mol. The summed E-state index contributed by atoms with van der Waals surface area (Å²) < 4.78 is 0. The molecule has 0 aromatic carbocycles. The highest BCUT2D eigenvalue weighted by Gasteiger charge is 1.87. The Balaban J connectivity index is 2.66. The van der Waals surface area contributed by atoms with Crippen LogP contribution >= 0.6 is 0 Å². The first kappa shape index (κ1) is 5.29. The molecule has 0 fully saturated rings. The standard InChI is InChI=1S/C7H9N/c1-7-3-2-5-8-6-4-7/h2-7H,1H3. The molecule has 1 atom stereocenters. The zero-order valence-electron chi connectivity index (χ0n) is 4.91. The molecule has 0 aromatic heterocycles. The predicted molar refractivity (Wildman–Crippen MR) is 35.9 cm³/mol. The van der Waals surface area contributed by atoms with Gasteiger partial charge >= 0.3 is 0 Å². The van der Waals surface area contributed by atoms with Crippen LogP contribution in [-0.2, 0) is 0 Å². The molecule has 0 N–H and O–H groups in total. The van der Waals surface area contributed by atoms with E-state index in [0.29, 0.717) is 5.92 Å². The number of nitrogens with zero attached hydrogens (tertiary/aromatic N) is 1. The molecule has 0 aliphatic carbocycles. The number of aliphatic imine (C=N–C) groups is 1. The maximum Gasteiger partial charge on any atom is 0.0264 e. The van der Waals surface area contributed by atoms with Gasteiger partial charge in [-0.15, -0.1) is 0 Å². The van der Waals surface area contributed by atoms with Gasteiger partial charge in [0.1, 0.15) is 0 Å². The Bertz CT molecular complexity index is 126. The molecular weight excluding hydrogens is 98.1 g/mol. The van der Waals surface area contributed by atoms with Gasteiger partial charge in [0, 0.05) is 12.4 Å². The summed E-state index contributed by atoms with van der Waals surface area (Å²) >= 11 is 0. The maximum absolute atomic E-state index is 3.93. The summed E-state index contributed by atoms with van der Waals surface area (Å²) in [7, 11) is 0. The van der Waals surface area contributed by atoms with Crippen molar-refractivity contribution in [2.45, 2.75) is 6.92 Å². The molecule has 1 aliphatic rings. The zero-order chi connectivity index (χ0) is 5.82. The molecule has 1 aliphatic heterocycles. The van der Waals surface area contributed by atoms with Gasteiger partial charge < -0.3 is 0 Å². The third-order valence-corrected chi connectivity index (χ3v) is 1.06. The minimum absolute atomic E-state index is 0.539. The molecule has 0 spiro atoms. The van der Waals surface area contributed by atoms with Crippen molar-refractivity contribution in [3.8, 4) is 0 Å². The van der Waals surface area contributed by atoms with Crippen LogP contribution in [0.5, 0.6) is 0 Å². The topological polar surface area (TPSA) is 12.4 Å². The molecule has 0 saturated heterocycles. The highest BCUT2D eigenvalue weighted by molar-refractivity contribution is 5.72. The highest BCUT2D eigenvalue weighted by atomic mass is 14.7. The lowest BCUT2D eigenvalue weighted by molar-refractivity contribution is 0.941. The third-order valence-electron chi connectivity index (χ3n) is 1.06. The van der Waals surface area contributed by atoms with E-state index in [4.69, 9.17) is 0 Å². The predicted octanol–water partition coefficient (Wildman–Crippen LogP) is 1.78. The number of allylic oxidation sites excluding steroid dienone is 3. The molecule has 1 heterocycles. The summed E-state index contributed by atoms with van der Waals surface area (Å²) in [5.41, 5.74) is 0. The molecule has 0 amide bonds. The van der Waals surface area contributed by atoms with Gasteiger partial charge in [0.15, 0.2) is 0 Å². The van der Waals surface area contributed by atoms with Crippen LogP contribution in [0.15, 0.2) is 29.4 Å². The molecular formula is C7H9N. The van der Waals surface area contributed by atoms with Gasteiger partial charge in [-0.3, -0.25) is 4.99 Å². The first-order valence-electron chi connectivity index (χ1n) is 2.76. The summed E-state index contributed by atoms with van der Waals surface area (Å²) in [6, 6.07) is 0. The minimum Gasteiger partial charge on any atom is -0.265 e. The zero-order valence-corrected chi connectivity index (χ0v) is 4.91. The van der Waals surface area contributed by atoms with E-state index in [-0.39, 0.29) is 0 Å². The third kappa shape index (κ3) is 1.34. The second-order valence-corrected chi connectivity index (χ2v) is 1.88. The normalized spacial score (nSPS) is 25.9. The van der Waals surface area contributed by atoms with Crippen molar-refractivity contribution in [2.24, 2.45) is 10.9 Å². The van der Waals surface area contributed by atoms with Crippen LogP contribution in [0.1, 0.15) is 6.92 Å². The van der Waals surface area contributed by atoms with E-state index in [0.717, 1.165) is 0 Å². The molecule has 1 nitrogen and oxygen atoms in total. The van der Waals surface area contributed by atoms with Crippen LogP contribution in [0.3, 0.4) is 0 Å². The van der Waals surface area contributed by atoms with E-state index in [1.54, 1.807) is 6.21 Å². The van der Waals surface area contributed by atoms with Crippen molar-refractivity contribution in [3.63, 3.8) is 0 Å². The first-order chi connectivity index (χ1) is 3.89. The number of rotatable bonds is 0. The fourth-order valence-electron chi connectivity index (χ4n) is 0.574. The first-order valence-corrected chi connectivity index (χ1v) is 2.76. The molecule has 1 rings (SSSR count). The summed E-state index contributed by atoms with van der Waals surface area (Å²) in [6.45, 7) is 2.13. The summed E-state index contributed by atoms with van der Waals surface area (Å²) in [4.78, 5) is 3.93. The molecule has 0 bridgehead atoms. The smallest absolute Gasteiger partial charge is 0.0264 e. The van der Waals surface area contributed by atoms with Gasteiger partial charge in [-0.25, -0.2) is 0 Å². The largest absolute Gasteiger partial charge is 0.265 e. The van der Waals surface area contributed by atoms with Crippen molar-refractivity contribution < 1.29 is 0 Å². The lowest BCUT2D eigenvalue weighted by Crippen LogP contribution is -1.77. The highest BCUT2D eigenvalue weighted by Crippen LogP contribution is 2.00. The Hall–Kier alpha value is -0.850. The fourth-order valence-corrected chi connectivity index (χ4v) is 0.574. The average Bonchev–Trinajstić information content (AvgIpc) is 1.94. The summed E-state index contributed by atoms with van der Waals surface area (Å²) in [5.74, 6) is 0.539. The molecule has 1 unspecified atom stereocenters. The quantitative estimate of drug-likeness (QED) is 0.447. The molecule has 42 valence electrons. The van der Waals surface area contributed by atoms with Gasteiger partial charge in [-0.1, -0.05) is 19.1 Å². The maximum atomic E-state index is 3.93. The van der Waals surface area contributed by atoms with Gasteiger partial charge in [0.25, 0.3) is 0 Å².